The van der Waals surface area contributed by atoms with E-state index in [1.165, 1.54) is 18.9 Å². The van der Waals surface area contributed by atoms with Crippen LogP contribution in [0.25, 0.3) is 0 Å². The van der Waals surface area contributed by atoms with Gasteiger partial charge < -0.3 is 15.8 Å². The molecule has 2 unspecified atom stereocenters. The number of rotatable bonds is 6. The Bertz CT molecular complexity index is 279. The Morgan fingerprint density at radius 2 is 2.17 bits per heavy atom. The van der Waals surface area contributed by atoms with Crippen molar-refractivity contribution in [2.75, 3.05) is 25.2 Å². The summed E-state index contributed by atoms with van der Waals surface area (Å²) in [6.45, 7) is 0.590. The lowest BCUT2D eigenvalue weighted by molar-refractivity contribution is -0.137. The average Bonchev–Trinajstić information content (AvgIpc) is 2.75. The van der Waals surface area contributed by atoms with Crippen LogP contribution in [0.3, 0.4) is 0 Å². The molecule has 0 aromatic rings. The van der Waals surface area contributed by atoms with Gasteiger partial charge in [-0.05, 0) is 19.3 Å². The van der Waals surface area contributed by atoms with Crippen molar-refractivity contribution in [2.24, 2.45) is 11.7 Å². The Balaban J connectivity index is 0.00000289. The number of esters is 1. The number of hydrogen-bond acceptors (Lipinski definition) is 5. The minimum atomic E-state index is -0.233. The van der Waals surface area contributed by atoms with Crippen molar-refractivity contribution in [2.45, 2.75) is 25.3 Å². The lowest BCUT2D eigenvalue weighted by Gasteiger charge is -2.10. The minimum Gasteiger partial charge on any atom is -0.468 e. The maximum Gasteiger partial charge on any atom is 0.315 e. The van der Waals surface area contributed by atoms with Crippen molar-refractivity contribution in [3.05, 3.63) is 0 Å². The van der Waals surface area contributed by atoms with Gasteiger partial charge >= 0.3 is 5.97 Å². The number of carbonyl (C=O) groups is 2. The predicted molar refractivity (Wildman–Crippen MR) is 74.9 cm³/mol. The zero-order chi connectivity index (χ0) is 12.7. The molecule has 0 aromatic carbocycles. The Morgan fingerprint density at radius 3 is 2.72 bits per heavy atom. The highest BCUT2D eigenvalue weighted by atomic mass is 35.5. The third-order valence-electron chi connectivity index (χ3n) is 2.84. The molecule has 1 fully saturated rings. The highest BCUT2D eigenvalue weighted by molar-refractivity contribution is 7.99. The Kier molecular flexibility index (Phi) is 9.23. The van der Waals surface area contributed by atoms with E-state index in [4.69, 9.17) is 5.73 Å². The quantitative estimate of drug-likeness (QED) is 0.553. The van der Waals surface area contributed by atoms with Crippen LogP contribution >= 0.6 is 24.2 Å². The van der Waals surface area contributed by atoms with E-state index >= 15 is 0 Å². The molecule has 7 heteroatoms. The van der Waals surface area contributed by atoms with Crippen LogP contribution in [0.4, 0.5) is 0 Å². The monoisotopic (exact) mass is 296 g/mol. The summed E-state index contributed by atoms with van der Waals surface area (Å²) in [5.41, 5.74) is 5.75. The lowest BCUT2D eigenvalue weighted by atomic mass is 10.1. The van der Waals surface area contributed by atoms with Crippen LogP contribution in [0, 0.1) is 5.92 Å². The maximum atomic E-state index is 11.7. The van der Waals surface area contributed by atoms with Crippen molar-refractivity contribution in [3.8, 4) is 0 Å². The maximum absolute atomic E-state index is 11.7. The third kappa shape index (κ3) is 6.47. The van der Waals surface area contributed by atoms with E-state index in [0.717, 1.165) is 25.0 Å². The molecule has 0 bridgehead atoms. The molecule has 0 spiro atoms. The first-order chi connectivity index (χ1) is 8.13. The number of carbonyl (C=O) groups excluding carboxylic acids is 2. The smallest absolute Gasteiger partial charge is 0.315 e. The van der Waals surface area contributed by atoms with Gasteiger partial charge in [-0.15, -0.1) is 24.2 Å². The van der Waals surface area contributed by atoms with E-state index in [9.17, 15) is 9.59 Å². The third-order valence-corrected chi connectivity index (χ3v) is 3.77. The molecule has 1 amide bonds. The van der Waals surface area contributed by atoms with Gasteiger partial charge in [0, 0.05) is 24.3 Å². The van der Waals surface area contributed by atoms with Crippen molar-refractivity contribution in [1.29, 1.82) is 0 Å². The zero-order valence-electron chi connectivity index (χ0n) is 10.5. The molecule has 3 N–H and O–H groups in total. The normalized spacial score (nSPS) is 22.1. The van der Waals surface area contributed by atoms with Crippen molar-refractivity contribution in [1.82, 2.24) is 5.32 Å². The minimum absolute atomic E-state index is 0. The van der Waals surface area contributed by atoms with E-state index < -0.39 is 0 Å². The Labute approximate surface area is 118 Å². The molecular weight excluding hydrogens is 276 g/mol. The summed E-state index contributed by atoms with van der Waals surface area (Å²) in [7, 11) is 1.37. The summed E-state index contributed by atoms with van der Waals surface area (Å²) >= 11 is 1.46. The highest BCUT2D eigenvalue weighted by Gasteiger charge is 2.27. The molecule has 0 aliphatic heterocycles. The topological polar surface area (TPSA) is 81.4 Å². The fourth-order valence-corrected chi connectivity index (χ4v) is 2.53. The SMILES string of the molecule is COC(=O)CSCCNC(=O)C1CCC(N)C1.Cl. The van der Waals surface area contributed by atoms with Gasteiger partial charge in [0.25, 0.3) is 0 Å². The number of nitrogens with one attached hydrogen (secondary N) is 1. The molecule has 106 valence electrons. The second-order valence-electron chi connectivity index (χ2n) is 4.19. The van der Waals surface area contributed by atoms with Crippen molar-refractivity contribution in [3.63, 3.8) is 0 Å². The van der Waals surface area contributed by atoms with Gasteiger partial charge in [0.2, 0.25) is 5.91 Å². The van der Waals surface area contributed by atoms with Gasteiger partial charge in [0.05, 0.1) is 12.9 Å². The number of methoxy groups -OCH3 is 1. The van der Waals surface area contributed by atoms with E-state index in [-0.39, 0.29) is 36.2 Å². The number of halogens is 1. The number of thioether (sulfide) groups is 1. The number of nitrogens with two attached hydrogens (primary N) is 1. The molecule has 2 atom stereocenters. The van der Waals surface area contributed by atoms with Gasteiger partial charge in [-0.2, -0.15) is 0 Å². The van der Waals surface area contributed by atoms with E-state index in [2.05, 4.69) is 10.1 Å². The molecule has 1 rings (SSSR count). The van der Waals surface area contributed by atoms with Gasteiger partial charge in [-0.25, -0.2) is 0 Å². The van der Waals surface area contributed by atoms with Crippen LogP contribution in [-0.4, -0.2) is 43.1 Å². The fraction of sp³-hybridized carbons (Fsp3) is 0.818. The molecule has 1 aliphatic rings. The first-order valence-electron chi connectivity index (χ1n) is 5.81. The molecule has 18 heavy (non-hydrogen) atoms. The molecule has 5 nitrogen and oxygen atoms in total. The summed E-state index contributed by atoms with van der Waals surface area (Å²) in [6, 6.07) is 0.180. The summed E-state index contributed by atoms with van der Waals surface area (Å²) in [4.78, 5) is 22.5. The van der Waals surface area contributed by atoms with Crippen LogP contribution in [0.15, 0.2) is 0 Å². The van der Waals surface area contributed by atoms with E-state index in [0.29, 0.717) is 12.3 Å². The Morgan fingerprint density at radius 1 is 1.44 bits per heavy atom. The fourth-order valence-electron chi connectivity index (χ4n) is 1.86. The van der Waals surface area contributed by atoms with Gasteiger partial charge in [-0.3, -0.25) is 9.59 Å². The van der Waals surface area contributed by atoms with Crippen LogP contribution in [0.2, 0.25) is 0 Å². The van der Waals surface area contributed by atoms with E-state index in [1.54, 1.807) is 0 Å². The summed E-state index contributed by atoms with van der Waals surface area (Å²) in [6.07, 6.45) is 2.62. The first-order valence-corrected chi connectivity index (χ1v) is 6.96. The molecular formula is C11H21ClN2O3S. The Hall–Kier alpha value is -0.460. The van der Waals surface area contributed by atoms with Gasteiger partial charge in [-0.1, -0.05) is 0 Å². The van der Waals surface area contributed by atoms with Crippen molar-refractivity contribution >= 4 is 36.0 Å². The predicted octanol–water partition coefficient (Wildman–Crippen LogP) is 0.558. The summed E-state index contributed by atoms with van der Waals surface area (Å²) in [5, 5.41) is 2.87. The molecule has 0 saturated heterocycles. The molecule has 0 radical (unpaired) electrons. The standard InChI is InChI=1S/C11H20N2O3S.ClH/c1-16-10(14)7-17-5-4-13-11(15)8-2-3-9(12)6-8;/h8-9H,2-7,12H2,1H3,(H,13,15);1H. The van der Waals surface area contributed by atoms with Crippen LogP contribution in [0.5, 0.6) is 0 Å². The summed E-state index contributed by atoms with van der Waals surface area (Å²) < 4.78 is 4.51. The van der Waals surface area contributed by atoms with Gasteiger partial charge in [0.15, 0.2) is 0 Å². The number of ether oxygens (including phenoxy) is 1. The molecule has 1 saturated carbocycles. The summed E-state index contributed by atoms with van der Waals surface area (Å²) in [5.74, 6) is 0.996. The van der Waals surface area contributed by atoms with Crippen LogP contribution < -0.4 is 11.1 Å². The molecule has 1 aliphatic carbocycles. The number of hydrogen-bond donors (Lipinski definition) is 2. The second kappa shape index (κ2) is 9.47. The van der Waals surface area contributed by atoms with Crippen LogP contribution in [-0.2, 0) is 14.3 Å². The molecule has 0 aromatic heterocycles. The average molecular weight is 297 g/mol. The first kappa shape index (κ1) is 17.5. The van der Waals surface area contributed by atoms with E-state index in [1.807, 2.05) is 0 Å². The lowest BCUT2D eigenvalue weighted by Crippen LogP contribution is -2.32. The second-order valence-corrected chi connectivity index (χ2v) is 5.29. The molecule has 0 heterocycles. The van der Waals surface area contributed by atoms with Crippen LogP contribution in [0.1, 0.15) is 19.3 Å². The zero-order valence-corrected chi connectivity index (χ0v) is 12.1. The van der Waals surface area contributed by atoms with Gasteiger partial charge in [0.1, 0.15) is 0 Å². The number of amides is 1. The largest absolute Gasteiger partial charge is 0.468 e. The highest BCUT2D eigenvalue weighted by Crippen LogP contribution is 2.23. The van der Waals surface area contributed by atoms with Crippen molar-refractivity contribution < 1.29 is 14.3 Å².